The van der Waals surface area contributed by atoms with E-state index in [0.717, 1.165) is 5.56 Å². The number of rotatable bonds is 5. The van der Waals surface area contributed by atoms with Crippen LogP contribution in [0.15, 0.2) is 42.5 Å². The van der Waals surface area contributed by atoms with Gasteiger partial charge in [-0.05, 0) is 11.6 Å². The molecule has 0 saturated carbocycles. The number of hydrogen-bond acceptors (Lipinski definition) is 4. The fraction of sp³-hybridized carbons (Fsp3) is 0.308. The molecule has 1 aliphatic heterocycles. The number of ether oxygens (including phenoxy) is 2. The zero-order valence-corrected chi connectivity index (χ0v) is 9.28. The van der Waals surface area contributed by atoms with E-state index in [9.17, 15) is 9.90 Å². The third kappa shape index (κ3) is 3.41. The van der Waals surface area contributed by atoms with Crippen LogP contribution in [0.3, 0.4) is 0 Å². The number of hydrogen-bond donors (Lipinski definition) is 1. The first-order valence-corrected chi connectivity index (χ1v) is 5.44. The highest BCUT2D eigenvalue weighted by Gasteiger charge is 2.24. The Morgan fingerprint density at radius 3 is 2.76 bits per heavy atom. The van der Waals surface area contributed by atoms with Crippen LogP contribution < -0.4 is 0 Å². The Balaban J connectivity index is 1.72. The number of carbonyl (C=O) groups excluding carboxylic acids is 1. The summed E-state index contributed by atoms with van der Waals surface area (Å²) in [5.41, 5.74) is 1.04. The molecule has 1 N–H and O–H groups in total. The van der Waals surface area contributed by atoms with Crippen molar-refractivity contribution in [3.05, 3.63) is 48.0 Å². The van der Waals surface area contributed by atoms with Crippen LogP contribution in [0.5, 0.6) is 0 Å². The van der Waals surface area contributed by atoms with Gasteiger partial charge in [0, 0.05) is 6.08 Å². The van der Waals surface area contributed by atoms with Crippen LogP contribution in [0.25, 0.3) is 0 Å². The highest BCUT2D eigenvalue weighted by molar-refractivity contribution is 5.84. The van der Waals surface area contributed by atoms with E-state index in [0.29, 0.717) is 6.61 Å². The minimum Gasteiger partial charge on any atom is -0.452 e. The molecule has 17 heavy (non-hydrogen) atoms. The maximum Gasteiger partial charge on any atom is 0.331 e. The van der Waals surface area contributed by atoms with Crippen molar-refractivity contribution in [2.45, 2.75) is 18.8 Å². The van der Waals surface area contributed by atoms with Gasteiger partial charge < -0.3 is 14.6 Å². The highest BCUT2D eigenvalue weighted by atomic mass is 16.6. The second-order valence-electron chi connectivity index (χ2n) is 3.83. The van der Waals surface area contributed by atoms with Crippen LogP contribution in [0, 0.1) is 0 Å². The largest absolute Gasteiger partial charge is 0.452 e. The van der Waals surface area contributed by atoms with E-state index in [1.165, 1.54) is 6.08 Å². The van der Waals surface area contributed by atoms with E-state index in [-0.39, 0.29) is 6.61 Å². The zero-order valence-electron chi connectivity index (χ0n) is 9.28. The lowest BCUT2D eigenvalue weighted by molar-refractivity contribution is -0.144. The Morgan fingerprint density at radius 1 is 1.35 bits per heavy atom. The van der Waals surface area contributed by atoms with Gasteiger partial charge in [-0.15, -0.1) is 0 Å². The molecule has 0 aromatic heterocycles. The highest BCUT2D eigenvalue weighted by Crippen LogP contribution is 2.10. The molecular weight excluding hydrogens is 220 g/mol. The number of carbonyl (C=O) groups is 1. The molecule has 0 amide bonds. The lowest BCUT2D eigenvalue weighted by Gasteiger charge is -2.16. The van der Waals surface area contributed by atoms with E-state index in [1.54, 1.807) is 6.08 Å². The Kier molecular flexibility index (Phi) is 3.90. The SMILES string of the molecule is O=C1C=C[C@H]([C@H](O)COCc2ccccc2)O1. The first-order valence-electron chi connectivity index (χ1n) is 5.44. The van der Waals surface area contributed by atoms with Crippen LogP contribution in [0.1, 0.15) is 5.56 Å². The molecule has 1 heterocycles. The molecule has 1 aromatic rings. The summed E-state index contributed by atoms with van der Waals surface area (Å²) in [6, 6.07) is 9.68. The molecule has 0 aliphatic carbocycles. The van der Waals surface area contributed by atoms with Crippen molar-refractivity contribution in [3.8, 4) is 0 Å². The van der Waals surface area contributed by atoms with Gasteiger partial charge in [0.15, 0.2) is 0 Å². The van der Waals surface area contributed by atoms with Crippen molar-refractivity contribution in [2.75, 3.05) is 6.61 Å². The van der Waals surface area contributed by atoms with Gasteiger partial charge in [-0.1, -0.05) is 30.3 Å². The molecular formula is C13H14O4. The molecule has 0 unspecified atom stereocenters. The molecule has 2 atom stereocenters. The molecule has 4 nitrogen and oxygen atoms in total. The number of cyclic esters (lactones) is 1. The van der Waals surface area contributed by atoms with Crippen molar-refractivity contribution in [1.29, 1.82) is 0 Å². The lowest BCUT2D eigenvalue weighted by atomic mass is 10.2. The van der Waals surface area contributed by atoms with Crippen molar-refractivity contribution >= 4 is 5.97 Å². The van der Waals surface area contributed by atoms with Gasteiger partial charge in [0.25, 0.3) is 0 Å². The summed E-state index contributed by atoms with van der Waals surface area (Å²) in [4.78, 5) is 10.8. The van der Waals surface area contributed by atoms with Crippen molar-refractivity contribution < 1.29 is 19.4 Å². The summed E-state index contributed by atoms with van der Waals surface area (Å²) in [7, 11) is 0. The summed E-state index contributed by atoms with van der Waals surface area (Å²) in [5.74, 6) is -0.419. The second-order valence-corrected chi connectivity index (χ2v) is 3.83. The maximum absolute atomic E-state index is 10.8. The molecule has 0 fully saturated rings. The van der Waals surface area contributed by atoms with Crippen LogP contribution in [-0.2, 0) is 20.9 Å². The Hall–Kier alpha value is -1.65. The van der Waals surface area contributed by atoms with Crippen molar-refractivity contribution in [1.82, 2.24) is 0 Å². The molecule has 90 valence electrons. The van der Waals surface area contributed by atoms with Gasteiger partial charge >= 0.3 is 5.97 Å². The molecule has 0 spiro atoms. The van der Waals surface area contributed by atoms with Crippen molar-refractivity contribution in [3.63, 3.8) is 0 Å². The molecule has 4 heteroatoms. The molecule has 1 aliphatic rings. The Labute approximate surface area is 99.5 Å². The predicted molar refractivity (Wildman–Crippen MR) is 61.1 cm³/mol. The van der Waals surface area contributed by atoms with Gasteiger partial charge in [0.05, 0.1) is 13.2 Å². The number of aliphatic hydroxyl groups excluding tert-OH is 1. The minimum atomic E-state index is -0.818. The summed E-state index contributed by atoms with van der Waals surface area (Å²) < 4.78 is 10.2. The van der Waals surface area contributed by atoms with E-state index in [2.05, 4.69) is 0 Å². The van der Waals surface area contributed by atoms with Gasteiger partial charge in [-0.3, -0.25) is 0 Å². The average molecular weight is 234 g/mol. The lowest BCUT2D eigenvalue weighted by Crippen LogP contribution is -2.30. The van der Waals surface area contributed by atoms with Crippen LogP contribution in [0.2, 0.25) is 0 Å². The van der Waals surface area contributed by atoms with Crippen LogP contribution in [-0.4, -0.2) is 29.9 Å². The number of aliphatic hydroxyl groups is 1. The second kappa shape index (κ2) is 5.61. The molecule has 0 bridgehead atoms. The minimum absolute atomic E-state index is 0.136. The summed E-state index contributed by atoms with van der Waals surface area (Å²) in [6.07, 6.45) is 1.45. The van der Waals surface area contributed by atoms with Gasteiger partial charge in [-0.2, -0.15) is 0 Å². The predicted octanol–water partition coefficient (Wildman–Crippen LogP) is 1.05. The molecule has 0 saturated heterocycles. The van der Waals surface area contributed by atoms with Gasteiger partial charge in [0.2, 0.25) is 0 Å². The molecule has 2 rings (SSSR count). The monoisotopic (exact) mass is 234 g/mol. The van der Waals surface area contributed by atoms with Gasteiger partial charge in [-0.25, -0.2) is 4.79 Å². The van der Waals surface area contributed by atoms with Crippen LogP contribution >= 0.6 is 0 Å². The van der Waals surface area contributed by atoms with Crippen molar-refractivity contribution in [2.24, 2.45) is 0 Å². The Morgan fingerprint density at radius 2 is 2.12 bits per heavy atom. The molecule has 1 aromatic carbocycles. The van der Waals surface area contributed by atoms with Crippen LogP contribution in [0.4, 0.5) is 0 Å². The first-order chi connectivity index (χ1) is 8.25. The topological polar surface area (TPSA) is 55.8 Å². The van der Waals surface area contributed by atoms with E-state index in [4.69, 9.17) is 9.47 Å². The fourth-order valence-electron chi connectivity index (χ4n) is 1.56. The van der Waals surface area contributed by atoms with E-state index in [1.807, 2.05) is 30.3 Å². The summed E-state index contributed by atoms with van der Waals surface area (Å²) >= 11 is 0. The Bertz CT molecular complexity index is 399. The smallest absolute Gasteiger partial charge is 0.331 e. The number of esters is 1. The third-order valence-electron chi connectivity index (χ3n) is 2.45. The first kappa shape index (κ1) is 11.8. The number of benzene rings is 1. The quantitative estimate of drug-likeness (QED) is 0.773. The van der Waals surface area contributed by atoms with E-state index < -0.39 is 18.2 Å². The summed E-state index contributed by atoms with van der Waals surface area (Å²) in [6.45, 7) is 0.569. The standard InChI is InChI=1S/C13H14O4/c14-11(12-6-7-13(15)17-12)9-16-8-10-4-2-1-3-5-10/h1-7,11-12,14H,8-9H2/t11-,12-/m1/s1. The zero-order chi connectivity index (χ0) is 12.1. The van der Waals surface area contributed by atoms with E-state index >= 15 is 0 Å². The fourth-order valence-corrected chi connectivity index (χ4v) is 1.56. The third-order valence-corrected chi connectivity index (χ3v) is 2.45. The van der Waals surface area contributed by atoms with Gasteiger partial charge in [0.1, 0.15) is 12.2 Å². The normalized spacial score (nSPS) is 20.3. The summed E-state index contributed by atoms with van der Waals surface area (Å²) in [5, 5.41) is 9.69. The molecule has 0 radical (unpaired) electrons. The maximum atomic E-state index is 10.8. The average Bonchev–Trinajstić information content (AvgIpc) is 2.77.